The molecule has 0 aliphatic heterocycles. The third-order valence-electron chi connectivity index (χ3n) is 4.54. The van der Waals surface area contributed by atoms with Crippen LogP contribution >= 0.6 is 0 Å². The first kappa shape index (κ1) is 20.9. The third-order valence-corrected chi connectivity index (χ3v) is 6.35. The van der Waals surface area contributed by atoms with Crippen LogP contribution in [0, 0.1) is 13.8 Å². The smallest absolute Gasteiger partial charge is 0.242 e. The maximum atomic E-state index is 12.2. The maximum absolute atomic E-state index is 12.2. The first-order valence-electron chi connectivity index (χ1n) is 9.31. The molecule has 1 heterocycles. The van der Waals surface area contributed by atoms with Crippen LogP contribution in [0.2, 0.25) is 0 Å². The Morgan fingerprint density at radius 1 is 1.10 bits per heavy atom. The van der Waals surface area contributed by atoms with Gasteiger partial charge >= 0.3 is 0 Å². The number of sulfonamides is 1. The highest BCUT2D eigenvalue weighted by Crippen LogP contribution is 2.20. The molecule has 154 valence electrons. The van der Waals surface area contributed by atoms with Crippen LogP contribution in [0.15, 0.2) is 41.3 Å². The molecule has 0 bridgehead atoms. The molecule has 29 heavy (non-hydrogen) atoms. The second-order valence-corrected chi connectivity index (χ2v) is 9.43. The van der Waals surface area contributed by atoms with Gasteiger partial charge in [0, 0.05) is 32.7 Å². The van der Waals surface area contributed by atoms with Crippen molar-refractivity contribution in [1.29, 1.82) is 0 Å². The molecule has 0 fully saturated rings. The average Bonchev–Trinajstić information content (AvgIpc) is 3.03. The molecule has 2 aromatic carbocycles. The molecule has 0 aliphatic carbocycles. The molecule has 3 rings (SSSR count). The number of nitrogens with one attached hydrogen (secondary N) is 1. The fraction of sp³-hybridized carbons (Fsp3) is 0.350. The number of nitrogens with zero attached hydrogens (tertiary/aromatic N) is 4. The van der Waals surface area contributed by atoms with E-state index in [4.69, 9.17) is 0 Å². The molecular formula is C20H25N5O3S. The molecule has 0 saturated carbocycles. The maximum Gasteiger partial charge on any atom is 0.242 e. The summed E-state index contributed by atoms with van der Waals surface area (Å²) in [4.78, 5) is 12.4. The van der Waals surface area contributed by atoms with Crippen LogP contribution < -0.4 is 5.32 Å². The highest BCUT2D eigenvalue weighted by molar-refractivity contribution is 7.89. The average molecular weight is 416 g/mol. The molecule has 0 spiro atoms. The van der Waals surface area contributed by atoms with Crippen LogP contribution in [-0.2, 0) is 21.4 Å². The van der Waals surface area contributed by atoms with E-state index in [1.807, 2.05) is 26.0 Å². The van der Waals surface area contributed by atoms with Crippen molar-refractivity contribution in [1.82, 2.24) is 19.3 Å². The molecule has 0 atom stereocenters. The van der Waals surface area contributed by atoms with Crippen molar-refractivity contribution in [3.8, 4) is 0 Å². The Kier molecular flexibility index (Phi) is 5.99. The van der Waals surface area contributed by atoms with Gasteiger partial charge in [-0.1, -0.05) is 11.3 Å². The van der Waals surface area contributed by atoms with Gasteiger partial charge in [-0.25, -0.2) is 17.4 Å². The Morgan fingerprint density at radius 2 is 1.79 bits per heavy atom. The zero-order valence-electron chi connectivity index (χ0n) is 17.0. The fourth-order valence-corrected chi connectivity index (χ4v) is 4.07. The molecular weight excluding hydrogens is 390 g/mol. The molecule has 8 nitrogen and oxygen atoms in total. The van der Waals surface area contributed by atoms with Crippen molar-refractivity contribution in [2.45, 2.75) is 38.1 Å². The lowest BCUT2D eigenvalue weighted by Gasteiger charge is -2.11. The summed E-state index contributed by atoms with van der Waals surface area (Å²) in [6.45, 7) is 4.50. The second kappa shape index (κ2) is 8.30. The molecule has 1 N–H and O–H groups in total. The molecule has 0 aliphatic rings. The first-order valence-corrected chi connectivity index (χ1v) is 10.7. The summed E-state index contributed by atoms with van der Waals surface area (Å²) in [5.74, 6) is -0.0567. The number of anilines is 1. The van der Waals surface area contributed by atoms with E-state index in [9.17, 15) is 13.2 Å². The van der Waals surface area contributed by atoms with Crippen molar-refractivity contribution in [3.63, 3.8) is 0 Å². The highest BCUT2D eigenvalue weighted by Gasteiger charge is 2.18. The lowest BCUT2D eigenvalue weighted by molar-refractivity contribution is -0.116. The number of amides is 1. The van der Waals surface area contributed by atoms with Crippen LogP contribution in [0.1, 0.15) is 24.0 Å². The molecule has 0 radical (unpaired) electrons. The first-order chi connectivity index (χ1) is 13.7. The Hall–Kier alpha value is -2.78. The Balaban J connectivity index is 1.63. The van der Waals surface area contributed by atoms with Crippen LogP contribution in [0.4, 0.5) is 5.69 Å². The Labute approximate surface area is 170 Å². The topological polar surface area (TPSA) is 97.2 Å². The SMILES string of the molecule is Cc1cc(C)cc(NC(=O)CCCn2nnc3cc(S(=O)(=O)N(C)C)ccc32)c1. The Bertz CT molecular complexity index is 1130. The van der Waals surface area contributed by atoms with Crippen molar-refractivity contribution < 1.29 is 13.2 Å². The van der Waals surface area contributed by atoms with Gasteiger partial charge in [-0.2, -0.15) is 0 Å². The number of hydrogen-bond acceptors (Lipinski definition) is 5. The molecule has 0 unspecified atom stereocenters. The van der Waals surface area contributed by atoms with Gasteiger partial charge in [0.25, 0.3) is 0 Å². The second-order valence-electron chi connectivity index (χ2n) is 7.28. The molecule has 1 amide bonds. The van der Waals surface area contributed by atoms with Gasteiger partial charge in [-0.05, 0) is 61.7 Å². The number of aromatic nitrogens is 3. The number of carbonyl (C=O) groups is 1. The summed E-state index contributed by atoms with van der Waals surface area (Å²) in [7, 11) is -0.549. The molecule has 0 saturated heterocycles. The van der Waals surface area contributed by atoms with E-state index in [1.54, 1.807) is 16.8 Å². The van der Waals surface area contributed by atoms with Crippen molar-refractivity contribution >= 4 is 32.7 Å². The van der Waals surface area contributed by atoms with Crippen LogP contribution in [0.25, 0.3) is 11.0 Å². The molecule has 3 aromatic rings. The van der Waals surface area contributed by atoms with E-state index in [0.717, 1.165) is 26.6 Å². The third kappa shape index (κ3) is 4.80. The zero-order chi connectivity index (χ0) is 21.2. The van der Waals surface area contributed by atoms with Gasteiger partial charge in [-0.3, -0.25) is 4.79 Å². The molecule has 9 heteroatoms. The van der Waals surface area contributed by atoms with E-state index in [2.05, 4.69) is 21.7 Å². The summed E-state index contributed by atoms with van der Waals surface area (Å²) in [5, 5.41) is 11.1. The summed E-state index contributed by atoms with van der Waals surface area (Å²) in [5.41, 5.74) is 4.24. The predicted octanol–water partition coefficient (Wildman–Crippen LogP) is 2.72. The normalized spacial score (nSPS) is 11.9. The fourth-order valence-electron chi connectivity index (χ4n) is 3.15. The van der Waals surface area contributed by atoms with Crippen LogP contribution in [-0.4, -0.2) is 47.7 Å². The molecule has 1 aromatic heterocycles. The van der Waals surface area contributed by atoms with Crippen molar-refractivity contribution in [2.24, 2.45) is 0 Å². The lowest BCUT2D eigenvalue weighted by Crippen LogP contribution is -2.22. The van der Waals surface area contributed by atoms with Gasteiger partial charge in [0.05, 0.1) is 10.4 Å². The van der Waals surface area contributed by atoms with E-state index >= 15 is 0 Å². The van der Waals surface area contributed by atoms with E-state index in [-0.39, 0.29) is 10.8 Å². The van der Waals surface area contributed by atoms with Gasteiger partial charge in [0.2, 0.25) is 15.9 Å². The summed E-state index contributed by atoms with van der Waals surface area (Å²) >= 11 is 0. The summed E-state index contributed by atoms with van der Waals surface area (Å²) < 4.78 is 27.3. The number of aryl methyl sites for hydroxylation is 3. The van der Waals surface area contributed by atoms with E-state index in [0.29, 0.717) is 24.9 Å². The predicted molar refractivity (Wildman–Crippen MR) is 112 cm³/mol. The van der Waals surface area contributed by atoms with E-state index < -0.39 is 10.0 Å². The van der Waals surface area contributed by atoms with E-state index in [1.165, 1.54) is 20.2 Å². The number of hydrogen-bond donors (Lipinski definition) is 1. The van der Waals surface area contributed by atoms with Crippen molar-refractivity contribution in [3.05, 3.63) is 47.5 Å². The number of fused-ring (bicyclic) bond motifs is 1. The summed E-state index contributed by atoms with van der Waals surface area (Å²) in [6.07, 6.45) is 0.939. The highest BCUT2D eigenvalue weighted by atomic mass is 32.2. The lowest BCUT2D eigenvalue weighted by atomic mass is 10.1. The Morgan fingerprint density at radius 3 is 2.45 bits per heavy atom. The number of rotatable bonds is 7. The van der Waals surface area contributed by atoms with Gasteiger partial charge in [0.1, 0.15) is 5.52 Å². The largest absolute Gasteiger partial charge is 0.326 e. The van der Waals surface area contributed by atoms with Crippen LogP contribution in [0.5, 0.6) is 0 Å². The van der Waals surface area contributed by atoms with Gasteiger partial charge < -0.3 is 5.32 Å². The minimum Gasteiger partial charge on any atom is -0.326 e. The standard InChI is InChI=1S/C20H25N5O3S/c1-14-10-15(2)12-16(11-14)21-20(26)6-5-9-25-19-8-7-17(13-18(19)22-23-25)29(27,28)24(3)4/h7-8,10-13H,5-6,9H2,1-4H3,(H,21,26). The van der Waals surface area contributed by atoms with Crippen molar-refractivity contribution in [2.75, 3.05) is 19.4 Å². The summed E-state index contributed by atoms with van der Waals surface area (Å²) in [6, 6.07) is 10.7. The van der Waals surface area contributed by atoms with Gasteiger partial charge in [0.15, 0.2) is 0 Å². The monoisotopic (exact) mass is 415 g/mol. The van der Waals surface area contributed by atoms with Crippen LogP contribution in [0.3, 0.4) is 0 Å². The van der Waals surface area contributed by atoms with Gasteiger partial charge in [-0.15, -0.1) is 5.10 Å². The minimum atomic E-state index is -3.52. The number of benzene rings is 2. The quantitative estimate of drug-likeness (QED) is 0.640. The number of carbonyl (C=O) groups excluding carboxylic acids is 1. The minimum absolute atomic E-state index is 0.0567. The zero-order valence-corrected chi connectivity index (χ0v) is 17.8.